The van der Waals surface area contributed by atoms with Gasteiger partial charge in [0, 0.05) is 11.6 Å². The molecular formula is C14H18ClNO4. The van der Waals surface area contributed by atoms with Crippen LogP contribution >= 0.6 is 11.6 Å². The van der Waals surface area contributed by atoms with Crippen molar-refractivity contribution in [3.05, 3.63) is 29.8 Å². The van der Waals surface area contributed by atoms with E-state index in [2.05, 4.69) is 5.32 Å². The van der Waals surface area contributed by atoms with Crippen molar-refractivity contribution in [1.82, 2.24) is 5.32 Å². The molecule has 0 aliphatic rings. The van der Waals surface area contributed by atoms with Gasteiger partial charge in [-0.25, -0.2) is 0 Å². The highest BCUT2D eigenvalue weighted by Gasteiger charge is 2.14. The van der Waals surface area contributed by atoms with E-state index in [1.807, 2.05) is 0 Å². The number of hydrogen-bond acceptors (Lipinski definition) is 4. The van der Waals surface area contributed by atoms with Gasteiger partial charge in [0.05, 0.1) is 19.4 Å². The Kier molecular flexibility index (Phi) is 6.87. The Morgan fingerprint density at radius 2 is 1.95 bits per heavy atom. The van der Waals surface area contributed by atoms with E-state index in [4.69, 9.17) is 21.1 Å². The Labute approximate surface area is 123 Å². The molecule has 20 heavy (non-hydrogen) atoms. The maximum absolute atomic E-state index is 11.9. The highest BCUT2D eigenvalue weighted by Crippen LogP contribution is 2.11. The van der Waals surface area contributed by atoms with E-state index in [1.54, 1.807) is 38.3 Å². The van der Waals surface area contributed by atoms with Gasteiger partial charge in [0.15, 0.2) is 0 Å². The smallest absolute Gasteiger partial charge is 0.307 e. The van der Waals surface area contributed by atoms with Crippen molar-refractivity contribution in [2.24, 2.45) is 0 Å². The molecule has 0 saturated carbocycles. The molecule has 1 aromatic rings. The predicted molar refractivity (Wildman–Crippen MR) is 76.2 cm³/mol. The molecule has 6 heteroatoms. The van der Waals surface area contributed by atoms with Gasteiger partial charge in [0.2, 0.25) is 0 Å². The first-order valence-corrected chi connectivity index (χ1v) is 6.76. The van der Waals surface area contributed by atoms with Crippen LogP contribution in [0.1, 0.15) is 23.7 Å². The van der Waals surface area contributed by atoms with E-state index in [0.717, 1.165) is 0 Å². The minimum atomic E-state index is -0.381. The van der Waals surface area contributed by atoms with Crippen LogP contribution in [0.2, 0.25) is 0 Å². The maximum atomic E-state index is 11.9. The van der Waals surface area contributed by atoms with Crippen molar-refractivity contribution in [3.63, 3.8) is 0 Å². The summed E-state index contributed by atoms with van der Waals surface area (Å²) >= 11 is 5.41. The average molecular weight is 300 g/mol. The monoisotopic (exact) mass is 299 g/mol. The summed E-state index contributed by atoms with van der Waals surface area (Å²) in [4.78, 5) is 23.3. The van der Waals surface area contributed by atoms with Crippen molar-refractivity contribution >= 4 is 23.5 Å². The van der Waals surface area contributed by atoms with Gasteiger partial charge >= 0.3 is 5.97 Å². The first-order valence-electron chi connectivity index (χ1n) is 6.23. The summed E-state index contributed by atoms with van der Waals surface area (Å²) in [7, 11) is 1.56. The molecular weight excluding hydrogens is 282 g/mol. The van der Waals surface area contributed by atoms with Crippen molar-refractivity contribution in [2.75, 3.05) is 19.6 Å². The number of alkyl halides is 1. The first-order chi connectivity index (χ1) is 9.56. The molecule has 0 fully saturated rings. The van der Waals surface area contributed by atoms with Crippen LogP contribution in [0.3, 0.4) is 0 Å². The van der Waals surface area contributed by atoms with E-state index in [9.17, 15) is 9.59 Å². The van der Waals surface area contributed by atoms with Crippen LogP contribution in [0.4, 0.5) is 0 Å². The zero-order chi connectivity index (χ0) is 15.0. The van der Waals surface area contributed by atoms with Crippen LogP contribution < -0.4 is 10.1 Å². The molecule has 0 radical (unpaired) electrons. The van der Waals surface area contributed by atoms with Crippen LogP contribution in [0, 0.1) is 0 Å². The number of nitrogens with one attached hydrogen (secondary N) is 1. The third-order valence-electron chi connectivity index (χ3n) is 2.54. The van der Waals surface area contributed by atoms with Crippen LogP contribution in [-0.2, 0) is 9.53 Å². The molecule has 0 heterocycles. The summed E-state index contributed by atoms with van der Waals surface area (Å²) in [5, 5.41) is 2.73. The molecule has 0 aliphatic carbocycles. The molecule has 1 amide bonds. The Bertz CT molecular complexity index is 447. The highest BCUT2D eigenvalue weighted by molar-refractivity contribution is 6.18. The second kappa shape index (κ2) is 8.43. The van der Waals surface area contributed by atoms with Crippen molar-refractivity contribution < 1.29 is 19.1 Å². The van der Waals surface area contributed by atoms with Crippen molar-refractivity contribution in [2.45, 2.75) is 19.4 Å². The highest BCUT2D eigenvalue weighted by atomic mass is 35.5. The number of halogens is 1. The molecule has 5 nitrogen and oxygen atoms in total. The molecule has 0 spiro atoms. The number of carbonyl (C=O) groups is 2. The minimum absolute atomic E-state index is 0.110. The molecule has 0 aliphatic heterocycles. The predicted octanol–water partition coefficient (Wildman–Crippen LogP) is 1.99. The summed E-state index contributed by atoms with van der Waals surface area (Å²) in [6.45, 7) is 1.92. The van der Waals surface area contributed by atoms with Gasteiger partial charge in [0.25, 0.3) is 5.91 Å². The number of benzene rings is 1. The lowest BCUT2D eigenvalue weighted by Crippen LogP contribution is -2.34. The van der Waals surface area contributed by atoms with Crippen LogP contribution in [0.5, 0.6) is 5.75 Å². The summed E-state index contributed by atoms with van der Waals surface area (Å²) < 4.78 is 9.86. The van der Waals surface area contributed by atoms with Crippen molar-refractivity contribution in [1.29, 1.82) is 0 Å². The lowest BCUT2D eigenvalue weighted by Gasteiger charge is -2.13. The number of methoxy groups -OCH3 is 1. The zero-order valence-electron chi connectivity index (χ0n) is 11.5. The van der Waals surface area contributed by atoms with Crippen LogP contribution in [0.25, 0.3) is 0 Å². The SMILES string of the molecule is COc1ccc(C(=O)NC(C)CC(=O)OCCCl)cc1. The fourth-order valence-electron chi connectivity index (χ4n) is 1.56. The molecule has 0 saturated heterocycles. The topological polar surface area (TPSA) is 64.6 Å². The second-order valence-electron chi connectivity index (χ2n) is 4.22. The number of esters is 1. The molecule has 0 aromatic heterocycles. The molecule has 110 valence electrons. The Balaban J connectivity index is 2.46. The quantitative estimate of drug-likeness (QED) is 0.618. The fourth-order valence-corrected chi connectivity index (χ4v) is 1.64. The molecule has 1 atom stereocenters. The van der Waals surface area contributed by atoms with Gasteiger partial charge < -0.3 is 14.8 Å². The minimum Gasteiger partial charge on any atom is -0.497 e. The molecule has 1 N–H and O–H groups in total. The van der Waals surface area contributed by atoms with Gasteiger partial charge in [-0.2, -0.15) is 0 Å². The summed E-state index contributed by atoms with van der Waals surface area (Å²) in [5.74, 6) is 0.316. The second-order valence-corrected chi connectivity index (χ2v) is 4.59. The van der Waals surface area contributed by atoms with Gasteiger partial charge in [-0.05, 0) is 31.2 Å². The molecule has 0 bridgehead atoms. The van der Waals surface area contributed by atoms with Crippen LogP contribution in [-0.4, -0.2) is 37.5 Å². The van der Waals surface area contributed by atoms with Crippen LogP contribution in [0.15, 0.2) is 24.3 Å². The Morgan fingerprint density at radius 3 is 2.50 bits per heavy atom. The largest absolute Gasteiger partial charge is 0.497 e. The van der Waals surface area contributed by atoms with E-state index in [0.29, 0.717) is 11.3 Å². The van der Waals surface area contributed by atoms with Gasteiger partial charge in [-0.3, -0.25) is 9.59 Å². The number of hydrogen-bond donors (Lipinski definition) is 1. The van der Waals surface area contributed by atoms with E-state index in [-0.39, 0.29) is 36.8 Å². The van der Waals surface area contributed by atoms with Crippen molar-refractivity contribution in [3.8, 4) is 5.75 Å². The Hall–Kier alpha value is -1.75. The third-order valence-corrected chi connectivity index (χ3v) is 2.70. The fraction of sp³-hybridized carbons (Fsp3) is 0.429. The number of amides is 1. The zero-order valence-corrected chi connectivity index (χ0v) is 12.3. The Morgan fingerprint density at radius 1 is 1.30 bits per heavy atom. The van der Waals surface area contributed by atoms with E-state index >= 15 is 0 Å². The first kappa shape index (κ1) is 16.3. The van der Waals surface area contributed by atoms with Gasteiger partial charge in [0.1, 0.15) is 12.4 Å². The molecule has 1 unspecified atom stereocenters. The standard InChI is InChI=1S/C14H18ClNO4/c1-10(9-13(17)20-8-7-15)16-14(18)11-3-5-12(19-2)6-4-11/h3-6,10H,7-9H2,1-2H3,(H,16,18). The molecule has 1 rings (SSSR count). The lowest BCUT2D eigenvalue weighted by molar-refractivity contribution is -0.143. The summed E-state index contributed by atoms with van der Waals surface area (Å²) in [6, 6.07) is 6.41. The third kappa shape index (κ3) is 5.48. The normalized spacial score (nSPS) is 11.6. The lowest BCUT2D eigenvalue weighted by atomic mass is 10.1. The van der Waals surface area contributed by atoms with Gasteiger partial charge in [-0.15, -0.1) is 11.6 Å². The molecule has 1 aromatic carbocycles. The number of carbonyl (C=O) groups excluding carboxylic acids is 2. The summed E-state index contributed by atoms with van der Waals surface area (Å²) in [5.41, 5.74) is 0.506. The summed E-state index contributed by atoms with van der Waals surface area (Å²) in [6.07, 6.45) is 0.110. The number of rotatable bonds is 7. The average Bonchev–Trinajstić information content (AvgIpc) is 2.45. The van der Waals surface area contributed by atoms with E-state index in [1.165, 1.54) is 0 Å². The number of ether oxygens (including phenoxy) is 2. The van der Waals surface area contributed by atoms with E-state index < -0.39 is 0 Å². The maximum Gasteiger partial charge on any atom is 0.307 e. The van der Waals surface area contributed by atoms with Gasteiger partial charge in [-0.1, -0.05) is 0 Å².